The van der Waals surface area contributed by atoms with Gasteiger partial charge < -0.3 is 20.0 Å². The zero-order valence-electron chi connectivity index (χ0n) is 28.9. The van der Waals surface area contributed by atoms with Crippen LogP contribution in [0, 0.1) is 11.7 Å². The molecule has 0 radical (unpaired) electrons. The highest BCUT2D eigenvalue weighted by atomic mass is 19.3. The van der Waals surface area contributed by atoms with Crippen LogP contribution in [-0.2, 0) is 19.0 Å². The van der Waals surface area contributed by atoms with E-state index in [1.54, 1.807) is 10.6 Å². The topological polar surface area (TPSA) is 72.8 Å². The molecule has 12 heteroatoms. The molecule has 0 atom stereocenters. The van der Waals surface area contributed by atoms with Crippen LogP contribution >= 0.6 is 0 Å². The molecule has 5 aliphatic rings. The lowest BCUT2D eigenvalue weighted by molar-refractivity contribution is -0.0880. The molecular formula is C37H51F3N8O. The Morgan fingerprint density at radius 1 is 0.837 bits per heavy atom. The minimum atomic E-state index is -3.26. The van der Waals surface area contributed by atoms with Gasteiger partial charge in [0.05, 0.1) is 10.9 Å². The number of nitrogens with one attached hydrogen (secondary N) is 1. The number of halogens is 3. The first-order valence-electron chi connectivity index (χ1n) is 18.5. The molecule has 3 saturated heterocycles. The third-order valence-electron chi connectivity index (χ3n) is 11.6. The van der Waals surface area contributed by atoms with Crippen molar-refractivity contribution in [3.63, 3.8) is 0 Å². The van der Waals surface area contributed by atoms with Gasteiger partial charge >= 0.3 is 0 Å². The quantitative estimate of drug-likeness (QED) is 0.379. The van der Waals surface area contributed by atoms with Gasteiger partial charge in [-0.15, -0.1) is 0 Å². The summed E-state index contributed by atoms with van der Waals surface area (Å²) in [6.45, 7) is 8.20. The molecule has 7 heterocycles. The number of piperazine rings is 1. The van der Waals surface area contributed by atoms with Crippen LogP contribution in [0.3, 0.4) is 0 Å². The van der Waals surface area contributed by atoms with Crippen LogP contribution in [0.25, 0.3) is 11.0 Å². The van der Waals surface area contributed by atoms with Crippen LogP contribution in [0.1, 0.15) is 68.9 Å². The molecule has 2 aromatic heterocycles. The first-order chi connectivity index (χ1) is 23.8. The van der Waals surface area contributed by atoms with Crippen LogP contribution in [0.5, 0.6) is 0 Å². The third-order valence-corrected chi connectivity index (χ3v) is 11.6. The lowest BCUT2D eigenvalue weighted by Gasteiger charge is -2.42. The van der Waals surface area contributed by atoms with Gasteiger partial charge in [-0.2, -0.15) is 0 Å². The molecule has 49 heavy (non-hydrogen) atoms. The molecule has 266 valence electrons. The van der Waals surface area contributed by atoms with Crippen molar-refractivity contribution in [2.45, 2.75) is 82.8 Å². The van der Waals surface area contributed by atoms with Gasteiger partial charge in [0.1, 0.15) is 29.3 Å². The van der Waals surface area contributed by atoms with Gasteiger partial charge in [-0.1, -0.05) is 37.5 Å². The van der Waals surface area contributed by atoms with E-state index in [1.165, 1.54) is 31.3 Å². The molecular weight excluding hydrogens is 629 g/mol. The third kappa shape index (κ3) is 7.32. The number of hydrogen-bond donors (Lipinski definition) is 1. The number of aromatic nitrogens is 3. The molecule has 1 aromatic carbocycles. The summed E-state index contributed by atoms with van der Waals surface area (Å²) in [6.07, 6.45) is 9.45. The van der Waals surface area contributed by atoms with E-state index in [4.69, 9.17) is 0 Å². The van der Waals surface area contributed by atoms with E-state index in [-0.39, 0.29) is 17.7 Å². The van der Waals surface area contributed by atoms with Crippen molar-refractivity contribution < 1.29 is 13.2 Å². The number of piperidine rings is 2. The SMILES string of the molecule is CN1CCC(N2CCN(c3cc4c5ncnc4n(c3=O)CCCCCCCN3CCC(CC3)C(F)(F)c3cccc(c3F)CN5)CC2)CC1. The summed E-state index contributed by atoms with van der Waals surface area (Å²) in [5, 5.41) is 3.91. The Hall–Kier alpha value is -3.22. The number of likely N-dealkylation sites (tertiary alicyclic amines) is 1. The number of fused-ring (bicyclic) bond motifs is 9. The van der Waals surface area contributed by atoms with E-state index in [1.807, 2.05) is 6.07 Å². The molecule has 0 spiro atoms. The second-order valence-electron chi connectivity index (χ2n) is 14.6. The highest BCUT2D eigenvalue weighted by molar-refractivity contribution is 5.89. The van der Waals surface area contributed by atoms with Crippen LogP contribution in [0.2, 0.25) is 0 Å². The minimum absolute atomic E-state index is 0.0238. The first kappa shape index (κ1) is 34.2. The van der Waals surface area contributed by atoms with Crippen LogP contribution in [-0.4, -0.2) is 101 Å². The average molecular weight is 681 g/mol. The molecule has 8 bridgehead atoms. The van der Waals surface area contributed by atoms with Crippen molar-refractivity contribution in [3.05, 3.63) is 57.9 Å². The summed E-state index contributed by atoms with van der Waals surface area (Å²) in [5.74, 6) is -4.55. The van der Waals surface area contributed by atoms with E-state index in [9.17, 15) is 4.79 Å². The molecule has 5 aliphatic heterocycles. The predicted octanol–water partition coefficient (Wildman–Crippen LogP) is 5.53. The maximum absolute atomic E-state index is 15.9. The van der Waals surface area contributed by atoms with Crippen LogP contribution in [0.4, 0.5) is 24.7 Å². The van der Waals surface area contributed by atoms with E-state index in [0.717, 1.165) is 77.9 Å². The monoisotopic (exact) mass is 680 g/mol. The van der Waals surface area contributed by atoms with Crippen molar-refractivity contribution >= 4 is 22.5 Å². The molecule has 0 amide bonds. The first-order valence-corrected chi connectivity index (χ1v) is 18.5. The maximum Gasteiger partial charge on any atom is 0.278 e. The van der Waals surface area contributed by atoms with Crippen LogP contribution in [0.15, 0.2) is 35.4 Å². The van der Waals surface area contributed by atoms with Gasteiger partial charge in [0, 0.05) is 56.8 Å². The number of benzene rings is 1. The second-order valence-corrected chi connectivity index (χ2v) is 14.6. The normalized spacial score (nSPS) is 25.3. The largest absolute Gasteiger partial charge is 0.365 e. The Balaban J connectivity index is 1.19. The Morgan fingerprint density at radius 2 is 1.55 bits per heavy atom. The molecule has 3 aromatic rings. The van der Waals surface area contributed by atoms with E-state index in [0.29, 0.717) is 61.1 Å². The molecule has 1 N–H and O–H groups in total. The fraction of sp³-hybridized carbons (Fsp3) is 0.649. The zero-order chi connectivity index (χ0) is 34.0. The zero-order valence-corrected chi connectivity index (χ0v) is 28.9. The lowest BCUT2D eigenvalue weighted by Crippen LogP contribution is -2.53. The number of anilines is 2. The van der Waals surface area contributed by atoms with Crippen molar-refractivity contribution in [1.82, 2.24) is 29.2 Å². The summed E-state index contributed by atoms with van der Waals surface area (Å²) in [6, 6.07) is 6.77. The van der Waals surface area contributed by atoms with Gasteiger partial charge in [-0.25, -0.2) is 23.1 Å². The molecule has 0 unspecified atom stereocenters. The van der Waals surface area contributed by atoms with Crippen molar-refractivity contribution in [1.29, 1.82) is 0 Å². The molecule has 0 aliphatic carbocycles. The second kappa shape index (κ2) is 14.9. The smallest absolute Gasteiger partial charge is 0.278 e. The molecule has 0 saturated carbocycles. The van der Waals surface area contributed by atoms with Crippen molar-refractivity contribution in [2.75, 3.05) is 76.2 Å². The van der Waals surface area contributed by atoms with Crippen molar-refractivity contribution in [3.8, 4) is 0 Å². The van der Waals surface area contributed by atoms with E-state index in [2.05, 4.69) is 41.9 Å². The number of rotatable bonds is 2. The summed E-state index contributed by atoms with van der Waals surface area (Å²) >= 11 is 0. The highest BCUT2D eigenvalue weighted by Gasteiger charge is 2.44. The fourth-order valence-corrected chi connectivity index (χ4v) is 8.46. The summed E-state index contributed by atoms with van der Waals surface area (Å²) < 4.78 is 49.4. The Kier molecular flexibility index (Phi) is 10.4. The average Bonchev–Trinajstić information content (AvgIpc) is 3.11. The standard InChI is InChI=1S/C37H51F3N8O/c1-44-16-12-29(13-17-44)46-20-22-47(23-21-46)32-24-30-34-41-25-27-8-7-9-31(33(27)38)37(39,40)28-10-18-45(19-11-28)14-5-3-2-4-6-15-48(36(32)49)35(30)43-26-42-34/h7-9,24,26,28-29H,2-6,10-23,25H2,1H3,(H,41,42,43). The maximum atomic E-state index is 15.9. The predicted molar refractivity (Wildman–Crippen MR) is 188 cm³/mol. The number of alkyl halides is 2. The van der Waals surface area contributed by atoms with Gasteiger partial charge in [0.2, 0.25) is 0 Å². The number of aryl methyl sites for hydroxylation is 1. The fourth-order valence-electron chi connectivity index (χ4n) is 8.46. The summed E-state index contributed by atoms with van der Waals surface area (Å²) in [7, 11) is 2.18. The molecule has 8 rings (SSSR count). The molecule has 9 nitrogen and oxygen atoms in total. The van der Waals surface area contributed by atoms with E-state index >= 15 is 13.2 Å². The molecule has 3 fully saturated rings. The van der Waals surface area contributed by atoms with Gasteiger partial charge in [0.25, 0.3) is 11.5 Å². The summed E-state index contributed by atoms with van der Waals surface area (Å²) in [4.78, 5) is 32.7. The van der Waals surface area contributed by atoms with Gasteiger partial charge in [0.15, 0.2) is 0 Å². The Labute approximate surface area is 287 Å². The van der Waals surface area contributed by atoms with Gasteiger partial charge in [-0.3, -0.25) is 14.3 Å². The number of pyridine rings is 1. The van der Waals surface area contributed by atoms with E-state index < -0.39 is 23.2 Å². The van der Waals surface area contributed by atoms with Gasteiger partial charge in [-0.05, 0) is 84.4 Å². The Bertz CT molecular complexity index is 1640. The lowest BCUT2D eigenvalue weighted by atomic mass is 9.85. The highest BCUT2D eigenvalue weighted by Crippen LogP contribution is 2.43. The van der Waals surface area contributed by atoms with Crippen molar-refractivity contribution in [2.24, 2.45) is 5.92 Å². The Morgan fingerprint density at radius 3 is 2.31 bits per heavy atom. The minimum Gasteiger partial charge on any atom is -0.365 e. The number of nitrogens with zero attached hydrogens (tertiary/aromatic N) is 7. The van der Waals surface area contributed by atoms with Crippen LogP contribution < -0.4 is 15.8 Å². The summed E-state index contributed by atoms with van der Waals surface area (Å²) in [5.41, 5.74) is 0.745. The number of hydrogen-bond acceptors (Lipinski definition) is 8.